The molecule has 0 fully saturated rings. The van der Waals surface area contributed by atoms with Gasteiger partial charge in [0.2, 0.25) is 0 Å². The van der Waals surface area contributed by atoms with Gasteiger partial charge in [0.1, 0.15) is 0 Å². The normalized spacial score (nSPS) is 19.1. The molecule has 1 unspecified atom stereocenters. The van der Waals surface area contributed by atoms with Gasteiger partial charge in [0.05, 0.1) is 28.8 Å². The maximum Gasteiger partial charge on any atom is 0.196 e. The van der Waals surface area contributed by atoms with Gasteiger partial charge in [0.25, 0.3) is 0 Å². The molecule has 1 atom stereocenters. The quantitative estimate of drug-likeness (QED) is 0.919. The summed E-state index contributed by atoms with van der Waals surface area (Å²) in [5.41, 5.74) is 8.68. The first-order valence-corrected chi connectivity index (χ1v) is 6.75. The molecule has 0 aliphatic carbocycles. The molecule has 2 aromatic rings. The van der Waals surface area contributed by atoms with Crippen LogP contribution in [0.5, 0.6) is 0 Å². The van der Waals surface area contributed by atoms with Crippen molar-refractivity contribution in [2.75, 3.05) is 11.4 Å². The third kappa shape index (κ3) is 1.85. The highest BCUT2D eigenvalue weighted by molar-refractivity contribution is 7.09. The lowest BCUT2D eigenvalue weighted by Gasteiger charge is -2.26. The van der Waals surface area contributed by atoms with Crippen LogP contribution in [0.15, 0.2) is 41.0 Å². The van der Waals surface area contributed by atoms with Gasteiger partial charge in [-0.3, -0.25) is 9.98 Å². The van der Waals surface area contributed by atoms with Crippen molar-refractivity contribution in [2.24, 2.45) is 10.7 Å². The lowest BCUT2D eigenvalue weighted by Crippen LogP contribution is -2.36. The molecule has 0 amide bonds. The summed E-state index contributed by atoms with van der Waals surface area (Å²) in [5, 5.41) is 0.673. The Balaban J connectivity index is 2.03. The average molecular weight is 279 g/mol. The van der Waals surface area contributed by atoms with Crippen molar-refractivity contribution >= 4 is 34.6 Å². The molecule has 1 aromatic carbocycles. The molecule has 1 aliphatic rings. The number of guanidine groups is 1. The van der Waals surface area contributed by atoms with Crippen LogP contribution in [0.1, 0.15) is 10.9 Å². The molecule has 3 rings (SSSR count). The second kappa shape index (κ2) is 4.59. The molecule has 0 saturated heterocycles. The first kappa shape index (κ1) is 11.5. The van der Waals surface area contributed by atoms with Crippen LogP contribution in [0.25, 0.3) is 0 Å². The monoisotopic (exact) mass is 278 g/mol. The summed E-state index contributed by atoms with van der Waals surface area (Å²) < 4.78 is 0. The van der Waals surface area contributed by atoms with E-state index in [9.17, 15) is 0 Å². The highest BCUT2D eigenvalue weighted by atomic mass is 35.5. The van der Waals surface area contributed by atoms with Crippen LogP contribution in [0.2, 0.25) is 5.02 Å². The van der Waals surface area contributed by atoms with Gasteiger partial charge in [0.15, 0.2) is 5.96 Å². The molecule has 1 aliphatic heterocycles. The van der Waals surface area contributed by atoms with Gasteiger partial charge in [-0.25, -0.2) is 0 Å². The highest BCUT2D eigenvalue weighted by Crippen LogP contribution is 2.36. The molecular weight excluding hydrogens is 268 g/mol. The third-order valence-corrected chi connectivity index (χ3v) is 4.07. The number of para-hydroxylation sites is 1. The van der Waals surface area contributed by atoms with E-state index in [2.05, 4.69) is 9.98 Å². The maximum absolute atomic E-state index is 6.23. The molecule has 0 bridgehead atoms. The average Bonchev–Trinajstić information content (AvgIpc) is 2.99. The molecule has 92 valence electrons. The van der Waals surface area contributed by atoms with Gasteiger partial charge >= 0.3 is 0 Å². The largest absolute Gasteiger partial charge is 0.369 e. The molecule has 0 radical (unpaired) electrons. The fourth-order valence-corrected chi connectivity index (χ4v) is 2.97. The molecule has 18 heavy (non-hydrogen) atoms. The van der Waals surface area contributed by atoms with E-state index < -0.39 is 0 Å². The van der Waals surface area contributed by atoms with Crippen LogP contribution in [0.4, 0.5) is 5.69 Å². The Kier molecular flexibility index (Phi) is 2.93. The van der Waals surface area contributed by atoms with Crippen molar-refractivity contribution in [1.29, 1.82) is 0 Å². The minimum Gasteiger partial charge on any atom is -0.369 e. The first-order valence-electron chi connectivity index (χ1n) is 5.49. The molecule has 6 heteroatoms. The van der Waals surface area contributed by atoms with Gasteiger partial charge in [-0.15, -0.1) is 11.3 Å². The summed E-state index contributed by atoms with van der Waals surface area (Å²) in [6.07, 6.45) is 1.85. The van der Waals surface area contributed by atoms with Gasteiger partial charge < -0.3 is 10.6 Å². The number of hydrogen-bond acceptors (Lipinski definition) is 5. The third-order valence-electron chi connectivity index (χ3n) is 2.88. The minimum atomic E-state index is 0.0948. The van der Waals surface area contributed by atoms with E-state index in [-0.39, 0.29) is 6.04 Å². The summed E-state index contributed by atoms with van der Waals surface area (Å²) in [4.78, 5) is 11.5. The predicted octanol–water partition coefficient (Wildman–Crippen LogP) is 2.67. The number of hydrogen-bond donors (Lipinski definition) is 1. The number of anilines is 1. The van der Waals surface area contributed by atoms with Crippen molar-refractivity contribution in [3.05, 3.63) is 45.9 Å². The van der Waals surface area contributed by atoms with E-state index >= 15 is 0 Å². The summed E-state index contributed by atoms with van der Waals surface area (Å²) in [7, 11) is 0. The smallest absolute Gasteiger partial charge is 0.196 e. The summed E-state index contributed by atoms with van der Waals surface area (Å²) in [6.45, 7) is 0.638. The Labute approximate surface area is 114 Å². The Morgan fingerprint density at radius 1 is 1.39 bits per heavy atom. The molecule has 0 spiro atoms. The van der Waals surface area contributed by atoms with Crippen molar-refractivity contribution in [1.82, 2.24) is 4.98 Å². The van der Waals surface area contributed by atoms with Crippen LogP contribution in [0, 0.1) is 0 Å². The Bertz CT molecular complexity index is 582. The first-order chi connectivity index (χ1) is 8.77. The summed E-state index contributed by atoms with van der Waals surface area (Å²) >= 11 is 7.83. The van der Waals surface area contributed by atoms with Crippen molar-refractivity contribution in [3.63, 3.8) is 0 Å². The number of aliphatic imine (C=N–C) groups is 1. The zero-order chi connectivity index (χ0) is 12.5. The predicted molar refractivity (Wildman–Crippen MR) is 75.3 cm³/mol. The summed E-state index contributed by atoms with van der Waals surface area (Å²) in [6, 6.07) is 7.74. The second-order valence-electron chi connectivity index (χ2n) is 3.94. The highest BCUT2D eigenvalue weighted by Gasteiger charge is 2.30. The summed E-state index contributed by atoms with van der Waals surface area (Å²) in [5.74, 6) is 0.501. The van der Waals surface area contributed by atoms with Crippen LogP contribution >= 0.6 is 22.9 Å². The maximum atomic E-state index is 6.23. The van der Waals surface area contributed by atoms with Crippen LogP contribution in [-0.4, -0.2) is 17.5 Å². The number of aromatic nitrogens is 1. The molecule has 0 saturated carbocycles. The molecule has 1 aromatic heterocycles. The zero-order valence-corrected chi connectivity index (χ0v) is 11.0. The topological polar surface area (TPSA) is 54.5 Å². The second-order valence-corrected chi connectivity index (χ2v) is 5.27. The van der Waals surface area contributed by atoms with Gasteiger partial charge in [-0.1, -0.05) is 23.7 Å². The Hall–Kier alpha value is -1.59. The van der Waals surface area contributed by atoms with Crippen LogP contribution < -0.4 is 10.6 Å². The van der Waals surface area contributed by atoms with Crippen molar-refractivity contribution in [3.8, 4) is 0 Å². The van der Waals surface area contributed by atoms with Gasteiger partial charge in [-0.2, -0.15) is 0 Å². The number of rotatable bonds is 2. The van der Waals surface area contributed by atoms with E-state index in [1.807, 2.05) is 40.9 Å². The fraction of sp³-hybridized carbons (Fsp3) is 0.167. The van der Waals surface area contributed by atoms with E-state index in [0.29, 0.717) is 17.5 Å². The fourth-order valence-electron chi connectivity index (χ4n) is 2.04. The minimum absolute atomic E-state index is 0.0948. The number of benzene rings is 1. The number of halogens is 1. The Morgan fingerprint density at radius 2 is 2.22 bits per heavy atom. The number of nitrogens with zero attached hydrogens (tertiary/aromatic N) is 3. The van der Waals surface area contributed by atoms with E-state index in [0.717, 1.165) is 10.6 Å². The molecule has 2 N–H and O–H groups in total. The van der Waals surface area contributed by atoms with E-state index in [1.54, 1.807) is 11.3 Å². The Morgan fingerprint density at radius 3 is 2.94 bits per heavy atom. The molecular formula is C12H11ClN4S. The lowest BCUT2D eigenvalue weighted by atomic mass is 10.2. The van der Waals surface area contributed by atoms with Gasteiger partial charge in [-0.05, 0) is 12.1 Å². The zero-order valence-electron chi connectivity index (χ0n) is 9.45. The van der Waals surface area contributed by atoms with E-state index in [4.69, 9.17) is 17.3 Å². The number of nitrogens with two attached hydrogens (primary N) is 1. The lowest BCUT2D eigenvalue weighted by molar-refractivity contribution is 0.782. The van der Waals surface area contributed by atoms with Crippen molar-refractivity contribution in [2.45, 2.75) is 6.04 Å². The number of thiazole rings is 1. The van der Waals surface area contributed by atoms with Gasteiger partial charge in [0, 0.05) is 11.1 Å². The standard InChI is InChI=1S/C12H11ClN4S/c13-8-3-1-2-4-9(8)17-10(5-16-12(17)14)11-6-15-7-18-11/h1-4,6-7,10H,5H2,(H2,14,16). The molecule has 4 nitrogen and oxygen atoms in total. The molecule has 2 heterocycles. The van der Waals surface area contributed by atoms with Crippen LogP contribution in [0.3, 0.4) is 0 Å². The van der Waals surface area contributed by atoms with Crippen LogP contribution in [-0.2, 0) is 0 Å². The van der Waals surface area contributed by atoms with E-state index in [1.165, 1.54) is 0 Å². The van der Waals surface area contributed by atoms with Crippen molar-refractivity contribution < 1.29 is 0 Å². The SMILES string of the molecule is NC1=NCC(c2cncs2)N1c1ccccc1Cl.